The standard InChI is InChI=1S/C21H23ClN4O4/c1-2-29-20(28)17-18(16-4-3-13-30-16)23-21(24-19(17)27)26-11-9-25(10-12-26)15-7-5-14(22)6-8-15/h3-8,13,17-18H,2,9-12H2,1H3,(H,23,24,27). The van der Waals surface area contributed by atoms with Gasteiger partial charge in [-0.25, -0.2) is 4.99 Å². The Bertz CT molecular complexity index is 921. The average Bonchev–Trinajstić information content (AvgIpc) is 3.29. The van der Waals surface area contributed by atoms with E-state index in [1.807, 2.05) is 29.2 Å². The van der Waals surface area contributed by atoms with E-state index in [0.717, 1.165) is 18.8 Å². The summed E-state index contributed by atoms with van der Waals surface area (Å²) in [4.78, 5) is 34.1. The Hall–Kier alpha value is -3.00. The van der Waals surface area contributed by atoms with Crippen LogP contribution in [-0.4, -0.2) is 55.5 Å². The van der Waals surface area contributed by atoms with Crippen LogP contribution in [0.25, 0.3) is 0 Å². The molecule has 1 aromatic heterocycles. The number of nitrogens with one attached hydrogen (secondary N) is 1. The lowest BCUT2D eigenvalue weighted by Crippen LogP contribution is -2.57. The van der Waals surface area contributed by atoms with Crippen molar-refractivity contribution in [2.24, 2.45) is 10.9 Å². The molecule has 0 aliphatic carbocycles. The van der Waals surface area contributed by atoms with Crippen molar-refractivity contribution in [1.29, 1.82) is 0 Å². The number of halogens is 1. The molecule has 2 aliphatic rings. The van der Waals surface area contributed by atoms with Crippen molar-refractivity contribution in [2.75, 3.05) is 37.7 Å². The van der Waals surface area contributed by atoms with E-state index in [1.54, 1.807) is 19.1 Å². The number of hydrogen-bond donors (Lipinski definition) is 1. The second-order valence-electron chi connectivity index (χ2n) is 7.08. The Labute approximate surface area is 179 Å². The lowest BCUT2D eigenvalue weighted by atomic mass is 9.95. The number of carbonyl (C=O) groups is 2. The molecule has 2 atom stereocenters. The number of benzene rings is 1. The van der Waals surface area contributed by atoms with E-state index in [1.165, 1.54) is 6.26 Å². The van der Waals surface area contributed by atoms with Crippen molar-refractivity contribution >= 4 is 35.1 Å². The number of esters is 1. The van der Waals surface area contributed by atoms with Crippen LogP contribution in [-0.2, 0) is 14.3 Å². The van der Waals surface area contributed by atoms with E-state index in [0.29, 0.717) is 29.8 Å². The van der Waals surface area contributed by atoms with Gasteiger partial charge in [-0.3, -0.25) is 14.9 Å². The third kappa shape index (κ3) is 4.14. The van der Waals surface area contributed by atoms with Gasteiger partial charge in [-0.15, -0.1) is 0 Å². The first-order valence-corrected chi connectivity index (χ1v) is 10.3. The van der Waals surface area contributed by atoms with Gasteiger partial charge in [-0.05, 0) is 43.3 Å². The topological polar surface area (TPSA) is 87.4 Å². The van der Waals surface area contributed by atoms with E-state index in [-0.39, 0.29) is 6.61 Å². The number of ether oxygens (including phenoxy) is 1. The number of carbonyl (C=O) groups excluding carboxylic acids is 2. The third-order valence-corrected chi connectivity index (χ3v) is 5.49. The summed E-state index contributed by atoms with van der Waals surface area (Å²) in [6.45, 7) is 4.78. The Kier molecular flexibility index (Phi) is 5.94. The minimum Gasteiger partial charge on any atom is -0.467 e. The number of anilines is 1. The van der Waals surface area contributed by atoms with Gasteiger partial charge in [0, 0.05) is 36.9 Å². The predicted molar refractivity (Wildman–Crippen MR) is 112 cm³/mol. The molecule has 158 valence electrons. The summed E-state index contributed by atoms with van der Waals surface area (Å²) in [5, 5.41) is 3.49. The second kappa shape index (κ2) is 8.79. The third-order valence-electron chi connectivity index (χ3n) is 5.24. The highest BCUT2D eigenvalue weighted by Gasteiger charge is 2.43. The molecule has 1 saturated heterocycles. The van der Waals surface area contributed by atoms with Gasteiger partial charge in [0.25, 0.3) is 0 Å². The van der Waals surface area contributed by atoms with Crippen LogP contribution in [0.3, 0.4) is 0 Å². The van der Waals surface area contributed by atoms with Crippen molar-refractivity contribution in [3.63, 3.8) is 0 Å². The first-order chi connectivity index (χ1) is 14.6. The molecule has 30 heavy (non-hydrogen) atoms. The number of piperazine rings is 1. The Morgan fingerprint density at radius 2 is 1.90 bits per heavy atom. The van der Waals surface area contributed by atoms with Gasteiger partial charge in [-0.2, -0.15) is 0 Å². The van der Waals surface area contributed by atoms with Gasteiger partial charge in [0.05, 0.1) is 12.9 Å². The number of furan rings is 1. The van der Waals surface area contributed by atoms with Crippen LogP contribution in [0.4, 0.5) is 5.69 Å². The number of nitrogens with zero attached hydrogens (tertiary/aromatic N) is 3. The molecule has 0 saturated carbocycles. The number of amides is 1. The molecular formula is C21H23ClN4O4. The van der Waals surface area contributed by atoms with Crippen molar-refractivity contribution in [3.8, 4) is 0 Å². The summed E-state index contributed by atoms with van der Waals surface area (Å²) in [6.07, 6.45) is 1.50. The van der Waals surface area contributed by atoms with Crippen LogP contribution in [0, 0.1) is 5.92 Å². The zero-order chi connectivity index (χ0) is 21.1. The molecule has 2 unspecified atom stereocenters. The average molecular weight is 431 g/mol. The van der Waals surface area contributed by atoms with Crippen molar-refractivity contribution < 1.29 is 18.7 Å². The molecule has 1 aromatic carbocycles. The highest BCUT2D eigenvalue weighted by molar-refractivity contribution is 6.30. The normalized spacial score (nSPS) is 21.8. The fourth-order valence-corrected chi connectivity index (χ4v) is 3.84. The van der Waals surface area contributed by atoms with Gasteiger partial charge in [0.2, 0.25) is 11.9 Å². The van der Waals surface area contributed by atoms with Crippen molar-refractivity contribution in [2.45, 2.75) is 13.0 Å². The van der Waals surface area contributed by atoms with E-state index < -0.39 is 23.8 Å². The van der Waals surface area contributed by atoms with E-state index in [4.69, 9.17) is 20.8 Å². The van der Waals surface area contributed by atoms with E-state index in [2.05, 4.69) is 15.2 Å². The van der Waals surface area contributed by atoms with E-state index in [9.17, 15) is 9.59 Å². The van der Waals surface area contributed by atoms with Crippen LogP contribution in [0.15, 0.2) is 52.1 Å². The zero-order valence-corrected chi connectivity index (χ0v) is 17.3. The summed E-state index contributed by atoms with van der Waals surface area (Å²) in [5.74, 6) is -1.19. The van der Waals surface area contributed by atoms with Crippen LogP contribution in [0.5, 0.6) is 0 Å². The minimum absolute atomic E-state index is 0.191. The smallest absolute Gasteiger partial charge is 0.321 e. The molecule has 0 spiro atoms. The quantitative estimate of drug-likeness (QED) is 0.592. The molecule has 0 radical (unpaired) electrons. The largest absolute Gasteiger partial charge is 0.467 e. The van der Waals surface area contributed by atoms with Crippen molar-refractivity contribution in [3.05, 3.63) is 53.4 Å². The molecule has 4 rings (SSSR count). The Balaban J connectivity index is 1.51. The van der Waals surface area contributed by atoms with Gasteiger partial charge >= 0.3 is 5.97 Å². The molecule has 0 bridgehead atoms. The van der Waals surface area contributed by atoms with Gasteiger partial charge < -0.3 is 19.0 Å². The molecule has 3 heterocycles. The lowest BCUT2D eigenvalue weighted by molar-refractivity contribution is -0.153. The number of hydrogen-bond acceptors (Lipinski definition) is 7. The molecular weight excluding hydrogens is 408 g/mol. The van der Waals surface area contributed by atoms with Crippen LogP contribution in [0.1, 0.15) is 18.7 Å². The van der Waals surface area contributed by atoms with Crippen LogP contribution >= 0.6 is 11.6 Å². The molecule has 8 nitrogen and oxygen atoms in total. The molecule has 9 heteroatoms. The first-order valence-electron chi connectivity index (χ1n) is 9.91. The maximum atomic E-state index is 12.8. The van der Waals surface area contributed by atoms with Gasteiger partial charge in [0.15, 0.2) is 5.92 Å². The van der Waals surface area contributed by atoms with Crippen LogP contribution < -0.4 is 10.2 Å². The highest BCUT2D eigenvalue weighted by atomic mass is 35.5. The lowest BCUT2D eigenvalue weighted by Gasteiger charge is -2.39. The van der Waals surface area contributed by atoms with Gasteiger partial charge in [0.1, 0.15) is 11.8 Å². The molecule has 2 aromatic rings. The SMILES string of the molecule is CCOC(=O)C1C(=O)NC(N2CCN(c3ccc(Cl)cc3)CC2)=NC1c1ccco1. The summed E-state index contributed by atoms with van der Waals surface area (Å²) < 4.78 is 10.6. The second-order valence-corrected chi connectivity index (χ2v) is 7.52. The highest BCUT2D eigenvalue weighted by Crippen LogP contribution is 2.31. The van der Waals surface area contributed by atoms with E-state index >= 15 is 0 Å². The zero-order valence-electron chi connectivity index (χ0n) is 16.6. The molecule has 1 N–H and O–H groups in total. The first kappa shape index (κ1) is 20.3. The molecule has 1 fully saturated rings. The Morgan fingerprint density at radius 1 is 1.20 bits per heavy atom. The predicted octanol–water partition coefficient (Wildman–Crippen LogP) is 2.46. The summed E-state index contributed by atoms with van der Waals surface area (Å²) >= 11 is 5.98. The maximum Gasteiger partial charge on any atom is 0.321 e. The monoisotopic (exact) mass is 430 g/mol. The summed E-state index contributed by atoms with van der Waals surface area (Å²) in [5.41, 5.74) is 1.10. The molecule has 1 amide bonds. The van der Waals surface area contributed by atoms with Gasteiger partial charge in [-0.1, -0.05) is 11.6 Å². The number of aliphatic imine (C=N–C) groups is 1. The number of rotatable bonds is 4. The van der Waals surface area contributed by atoms with Crippen LogP contribution in [0.2, 0.25) is 5.02 Å². The minimum atomic E-state index is -1.07. The maximum absolute atomic E-state index is 12.8. The summed E-state index contributed by atoms with van der Waals surface area (Å²) in [6, 6.07) is 10.4. The summed E-state index contributed by atoms with van der Waals surface area (Å²) in [7, 11) is 0. The fourth-order valence-electron chi connectivity index (χ4n) is 3.71. The Morgan fingerprint density at radius 3 is 2.53 bits per heavy atom. The number of guanidine groups is 1. The van der Waals surface area contributed by atoms with Crippen molar-refractivity contribution in [1.82, 2.24) is 10.2 Å². The fraction of sp³-hybridized carbons (Fsp3) is 0.381. The molecule has 2 aliphatic heterocycles.